The van der Waals surface area contributed by atoms with Crippen molar-refractivity contribution >= 4 is 5.69 Å². The van der Waals surface area contributed by atoms with E-state index >= 15 is 0 Å². The van der Waals surface area contributed by atoms with Gasteiger partial charge in [0.25, 0.3) is 0 Å². The molecule has 3 N–H and O–H groups in total. The van der Waals surface area contributed by atoms with Gasteiger partial charge in [-0.1, -0.05) is 19.1 Å². The minimum atomic E-state index is 0.135. The Hall–Kier alpha value is -1.06. The van der Waals surface area contributed by atoms with Gasteiger partial charge in [0, 0.05) is 18.3 Å². The zero-order valence-electron chi connectivity index (χ0n) is 10.5. The Labute approximate surface area is 103 Å². The van der Waals surface area contributed by atoms with Crippen LogP contribution in [0.25, 0.3) is 0 Å². The quantitative estimate of drug-likeness (QED) is 0.838. The maximum absolute atomic E-state index is 9.32. The summed E-state index contributed by atoms with van der Waals surface area (Å²) in [6, 6.07) is 8.89. The van der Waals surface area contributed by atoms with Crippen molar-refractivity contribution in [1.82, 2.24) is 0 Å². The number of rotatable bonds is 4. The van der Waals surface area contributed by atoms with Gasteiger partial charge in [-0.3, -0.25) is 0 Å². The van der Waals surface area contributed by atoms with Gasteiger partial charge in [0.1, 0.15) is 0 Å². The Morgan fingerprint density at radius 2 is 2.12 bits per heavy atom. The van der Waals surface area contributed by atoms with Crippen LogP contribution in [0.3, 0.4) is 0 Å². The molecule has 0 radical (unpaired) electrons. The molecule has 0 spiro atoms. The highest BCUT2D eigenvalue weighted by molar-refractivity contribution is 5.49. The van der Waals surface area contributed by atoms with Crippen molar-refractivity contribution in [2.45, 2.75) is 38.3 Å². The largest absolute Gasteiger partial charge is 0.394 e. The fourth-order valence-electron chi connectivity index (χ4n) is 2.51. The molecule has 1 heterocycles. The first-order valence-electron chi connectivity index (χ1n) is 6.49. The van der Waals surface area contributed by atoms with Crippen LogP contribution in [0.15, 0.2) is 24.3 Å². The van der Waals surface area contributed by atoms with E-state index in [1.165, 1.54) is 17.7 Å². The highest BCUT2D eigenvalue weighted by Crippen LogP contribution is 2.26. The van der Waals surface area contributed by atoms with Gasteiger partial charge in [-0.15, -0.1) is 0 Å². The van der Waals surface area contributed by atoms with Crippen molar-refractivity contribution in [3.8, 4) is 0 Å². The Morgan fingerprint density at radius 1 is 1.41 bits per heavy atom. The lowest BCUT2D eigenvalue weighted by Crippen LogP contribution is -2.31. The molecule has 1 fully saturated rings. The van der Waals surface area contributed by atoms with Crippen LogP contribution in [0.2, 0.25) is 0 Å². The van der Waals surface area contributed by atoms with Crippen molar-refractivity contribution in [2.24, 2.45) is 5.73 Å². The maximum Gasteiger partial charge on any atom is 0.0635 e. The van der Waals surface area contributed by atoms with E-state index in [-0.39, 0.29) is 12.6 Å². The summed E-state index contributed by atoms with van der Waals surface area (Å²) >= 11 is 0. The maximum atomic E-state index is 9.32. The van der Waals surface area contributed by atoms with E-state index in [9.17, 15) is 5.11 Å². The second-order valence-electron chi connectivity index (χ2n) is 4.78. The molecule has 3 heteroatoms. The van der Waals surface area contributed by atoms with Crippen molar-refractivity contribution in [1.29, 1.82) is 0 Å². The standard InChI is InChI=1S/C14H22N2O/c1-2-14(15)11-5-7-12(8-6-11)16-9-3-4-13(16)10-17/h5-8,13-14,17H,2-4,9-10,15H2,1H3/t13?,14-/m1/s1. The smallest absolute Gasteiger partial charge is 0.0635 e. The highest BCUT2D eigenvalue weighted by atomic mass is 16.3. The molecule has 0 saturated carbocycles. The molecule has 0 amide bonds. The molecule has 94 valence electrons. The van der Waals surface area contributed by atoms with Crippen molar-refractivity contribution in [3.05, 3.63) is 29.8 Å². The van der Waals surface area contributed by atoms with Crippen LogP contribution in [-0.2, 0) is 0 Å². The number of hydrogen-bond acceptors (Lipinski definition) is 3. The van der Waals surface area contributed by atoms with Crippen LogP contribution in [0, 0.1) is 0 Å². The van der Waals surface area contributed by atoms with Crippen LogP contribution < -0.4 is 10.6 Å². The van der Waals surface area contributed by atoms with Gasteiger partial charge in [0.2, 0.25) is 0 Å². The monoisotopic (exact) mass is 234 g/mol. The third-order valence-electron chi connectivity index (χ3n) is 3.68. The zero-order chi connectivity index (χ0) is 12.3. The van der Waals surface area contributed by atoms with Crippen LogP contribution in [-0.4, -0.2) is 24.3 Å². The second-order valence-corrected chi connectivity index (χ2v) is 4.78. The molecule has 2 atom stereocenters. The van der Waals surface area contributed by atoms with Crippen molar-refractivity contribution in [2.75, 3.05) is 18.1 Å². The zero-order valence-corrected chi connectivity index (χ0v) is 10.5. The van der Waals surface area contributed by atoms with Gasteiger partial charge in [-0.05, 0) is 37.0 Å². The second kappa shape index (κ2) is 5.52. The SMILES string of the molecule is CC[C@@H](N)c1ccc(N2CCCC2CO)cc1. The summed E-state index contributed by atoms with van der Waals surface area (Å²) < 4.78 is 0. The Bertz CT molecular complexity index is 350. The molecule has 0 bridgehead atoms. The normalized spacial score (nSPS) is 21.8. The number of aliphatic hydroxyl groups is 1. The predicted molar refractivity (Wildman–Crippen MR) is 71.1 cm³/mol. The van der Waals surface area contributed by atoms with Crippen LogP contribution in [0.5, 0.6) is 0 Å². The van der Waals surface area contributed by atoms with Crippen molar-refractivity contribution in [3.63, 3.8) is 0 Å². The summed E-state index contributed by atoms with van der Waals surface area (Å²) in [7, 11) is 0. The number of benzene rings is 1. The molecule has 0 aromatic heterocycles. The third kappa shape index (κ3) is 2.61. The summed E-state index contributed by atoms with van der Waals surface area (Å²) in [6.07, 6.45) is 3.22. The lowest BCUT2D eigenvalue weighted by atomic mass is 10.0. The molecule has 1 saturated heterocycles. The summed E-state index contributed by atoms with van der Waals surface area (Å²) in [5.74, 6) is 0. The lowest BCUT2D eigenvalue weighted by Gasteiger charge is -2.25. The molecule has 1 unspecified atom stereocenters. The number of aliphatic hydroxyl groups excluding tert-OH is 1. The molecular weight excluding hydrogens is 212 g/mol. The van der Waals surface area contributed by atoms with Crippen molar-refractivity contribution < 1.29 is 5.11 Å². The molecule has 17 heavy (non-hydrogen) atoms. The number of anilines is 1. The topological polar surface area (TPSA) is 49.5 Å². The Balaban J connectivity index is 2.12. The van der Waals surface area contributed by atoms with Crippen LogP contribution >= 0.6 is 0 Å². The molecule has 1 aromatic carbocycles. The Morgan fingerprint density at radius 3 is 2.71 bits per heavy atom. The van der Waals surface area contributed by atoms with Gasteiger partial charge in [0.15, 0.2) is 0 Å². The van der Waals surface area contributed by atoms with E-state index < -0.39 is 0 Å². The molecule has 1 aliphatic heterocycles. The van der Waals surface area contributed by atoms with E-state index in [0.717, 1.165) is 19.4 Å². The first-order chi connectivity index (χ1) is 8.26. The summed E-state index contributed by atoms with van der Waals surface area (Å²) in [4.78, 5) is 2.29. The molecule has 2 rings (SSSR count). The first-order valence-corrected chi connectivity index (χ1v) is 6.49. The third-order valence-corrected chi connectivity index (χ3v) is 3.68. The number of nitrogens with two attached hydrogens (primary N) is 1. The first kappa shape index (κ1) is 12.4. The van der Waals surface area contributed by atoms with E-state index in [4.69, 9.17) is 5.73 Å². The van der Waals surface area contributed by atoms with E-state index in [1.54, 1.807) is 0 Å². The van der Waals surface area contributed by atoms with Gasteiger partial charge in [-0.25, -0.2) is 0 Å². The summed E-state index contributed by atoms with van der Waals surface area (Å²) in [5.41, 5.74) is 8.39. The molecule has 0 aliphatic carbocycles. The predicted octanol–water partition coefficient (Wildman–Crippen LogP) is 2.06. The molecular formula is C14H22N2O. The lowest BCUT2D eigenvalue weighted by molar-refractivity contribution is 0.266. The number of nitrogens with zero attached hydrogens (tertiary/aromatic N) is 1. The Kier molecular flexibility index (Phi) is 4.02. The average molecular weight is 234 g/mol. The number of hydrogen-bond donors (Lipinski definition) is 2. The van der Waals surface area contributed by atoms with Crippen LogP contribution in [0.4, 0.5) is 5.69 Å². The van der Waals surface area contributed by atoms with E-state index in [0.29, 0.717) is 6.04 Å². The van der Waals surface area contributed by atoms with Gasteiger partial charge in [-0.2, -0.15) is 0 Å². The van der Waals surface area contributed by atoms with E-state index in [2.05, 4.69) is 36.1 Å². The fraction of sp³-hybridized carbons (Fsp3) is 0.571. The summed E-state index contributed by atoms with van der Waals surface area (Å²) in [6.45, 7) is 3.39. The van der Waals surface area contributed by atoms with Crippen LogP contribution in [0.1, 0.15) is 37.8 Å². The minimum Gasteiger partial charge on any atom is -0.394 e. The highest BCUT2D eigenvalue weighted by Gasteiger charge is 2.23. The summed E-state index contributed by atoms with van der Waals surface area (Å²) in [5, 5.41) is 9.32. The van der Waals surface area contributed by atoms with E-state index in [1.807, 2.05) is 0 Å². The fourth-order valence-corrected chi connectivity index (χ4v) is 2.51. The average Bonchev–Trinajstić information content (AvgIpc) is 2.86. The minimum absolute atomic E-state index is 0.135. The molecule has 3 nitrogen and oxygen atoms in total. The van der Waals surface area contributed by atoms with Gasteiger partial charge < -0.3 is 15.7 Å². The molecule has 1 aromatic rings. The van der Waals surface area contributed by atoms with Gasteiger partial charge >= 0.3 is 0 Å². The van der Waals surface area contributed by atoms with Gasteiger partial charge in [0.05, 0.1) is 12.6 Å². The molecule has 1 aliphatic rings.